The van der Waals surface area contributed by atoms with Crippen LogP contribution in [0.1, 0.15) is 18.9 Å². The van der Waals surface area contributed by atoms with E-state index in [4.69, 9.17) is 0 Å². The maximum atomic E-state index is 12.7. The van der Waals surface area contributed by atoms with Crippen molar-refractivity contribution in [3.63, 3.8) is 0 Å². The summed E-state index contributed by atoms with van der Waals surface area (Å²) in [5.41, 5.74) is 2.14. The molecule has 7 nitrogen and oxygen atoms in total. The molecular formula is C21H24N4O3S. The first-order valence-corrected chi connectivity index (χ1v) is 10.6. The van der Waals surface area contributed by atoms with Gasteiger partial charge in [0, 0.05) is 44.3 Å². The minimum atomic E-state index is -0.466. The van der Waals surface area contributed by atoms with Crippen LogP contribution in [-0.2, 0) is 11.3 Å². The van der Waals surface area contributed by atoms with Crippen molar-refractivity contribution < 1.29 is 4.79 Å². The fourth-order valence-electron chi connectivity index (χ4n) is 3.91. The highest BCUT2D eigenvalue weighted by atomic mass is 32.1. The number of hydrogen-bond donors (Lipinski definition) is 1. The third kappa shape index (κ3) is 3.85. The van der Waals surface area contributed by atoms with Crippen molar-refractivity contribution in [3.05, 3.63) is 62.1 Å². The summed E-state index contributed by atoms with van der Waals surface area (Å²) >= 11 is 1.29. The number of aromatic amines is 1. The lowest BCUT2D eigenvalue weighted by Crippen LogP contribution is -2.54. The number of rotatable bonds is 4. The average molecular weight is 413 g/mol. The van der Waals surface area contributed by atoms with Crippen LogP contribution in [0.25, 0.3) is 10.2 Å². The Morgan fingerprint density at radius 3 is 2.83 bits per heavy atom. The molecule has 1 aliphatic heterocycles. The lowest BCUT2D eigenvalue weighted by atomic mass is 10.1. The zero-order chi connectivity index (χ0) is 20.5. The summed E-state index contributed by atoms with van der Waals surface area (Å²) in [6.07, 6.45) is 0.136. The van der Waals surface area contributed by atoms with Gasteiger partial charge in [-0.1, -0.05) is 12.1 Å². The van der Waals surface area contributed by atoms with Crippen molar-refractivity contribution in [2.75, 3.05) is 24.5 Å². The molecule has 152 valence electrons. The molecule has 0 spiro atoms. The number of amides is 1. The SMILES string of the molecule is Cc1cccc(N2CCN(C(=O)CCn3c(=O)[nH]c4ccsc4c3=O)C[C@H]2C)c1. The number of aromatic nitrogens is 2. The van der Waals surface area contributed by atoms with Gasteiger partial charge in [0.2, 0.25) is 5.91 Å². The molecule has 8 heteroatoms. The summed E-state index contributed by atoms with van der Waals surface area (Å²) in [6, 6.07) is 10.3. The summed E-state index contributed by atoms with van der Waals surface area (Å²) < 4.78 is 1.64. The Bertz CT molecular complexity index is 1160. The van der Waals surface area contributed by atoms with Crippen LogP contribution in [-0.4, -0.2) is 46.0 Å². The molecule has 1 aromatic carbocycles. The maximum absolute atomic E-state index is 12.7. The van der Waals surface area contributed by atoms with E-state index in [2.05, 4.69) is 48.0 Å². The van der Waals surface area contributed by atoms with Crippen molar-refractivity contribution in [2.24, 2.45) is 0 Å². The number of carbonyl (C=O) groups excluding carboxylic acids is 1. The van der Waals surface area contributed by atoms with E-state index in [9.17, 15) is 14.4 Å². The fraction of sp³-hybridized carbons (Fsp3) is 0.381. The highest BCUT2D eigenvalue weighted by Gasteiger charge is 2.27. The van der Waals surface area contributed by atoms with E-state index in [1.165, 1.54) is 22.6 Å². The van der Waals surface area contributed by atoms with Gasteiger partial charge in [-0.25, -0.2) is 4.79 Å². The molecule has 4 rings (SSSR count). The Labute approximate surface area is 172 Å². The molecule has 2 aromatic heterocycles. The first-order valence-electron chi connectivity index (χ1n) is 9.75. The Hall–Kier alpha value is -2.87. The summed E-state index contributed by atoms with van der Waals surface area (Å²) in [7, 11) is 0. The monoisotopic (exact) mass is 412 g/mol. The van der Waals surface area contributed by atoms with E-state index in [1.54, 1.807) is 11.4 Å². The molecular weight excluding hydrogens is 388 g/mol. The number of benzene rings is 1. The Balaban J connectivity index is 1.41. The van der Waals surface area contributed by atoms with E-state index in [1.807, 2.05) is 4.90 Å². The number of H-pyrrole nitrogens is 1. The molecule has 1 N–H and O–H groups in total. The molecule has 0 saturated carbocycles. The fourth-order valence-corrected chi connectivity index (χ4v) is 4.71. The molecule has 0 bridgehead atoms. The van der Waals surface area contributed by atoms with Crippen LogP contribution >= 0.6 is 11.3 Å². The van der Waals surface area contributed by atoms with Gasteiger partial charge in [0.1, 0.15) is 4.70 Å². The maximum Gasteiger partial charge on any atom is 0.328 e. The highest BCUT2D eigenvalue weighted by Crippen LogP contribution is 2.22. The van der Waals surface area contributed by atoms with E-state index in [-0.39, 0.29) is 30.5 Å². The van der Waals surface area contributed by atoms with Gasteiger partial charge >= 0.3 is 5.69 Å². The Morgan fingerprint density at radius 1 is 1.24 bits per heavy atom. The van der Waals surface area contributed by atoms with Gasteiger partial charge in [0.25, 0.3) is 5.56 Å². The normalized spacial score (nSPS) is 17.1. The third-order valence-electron chi connectivity index (χ3n) is 5.45. The zero-order valence-electron chi connectivity index (χ0n) is 16.6. The molecule has 1 amide bonds. The number of aryl methyl sites for hydroxylation is 1. The van der Waals surface area contributed by atoms with Crippen molar-refractivity contribution in [2.45, 2.75) is 32.9 Å². The summed E-state index contributed by atoms with van der Waals surface area (Å²) in [5, 5.41) is 1.77. The molecule has 1 fully saturated rings. The molecule has 1 saturated heterocycles. The van der Waals surface area contributed by atoms with E-state index < -0.39 is 5.69 Å². The van der Waals surface area contributed by atoms with Gasteiger partial charge in [-0.3, -0.25) is 14.2 Å². The number of carbonyl (C=O) groups is 1. The highest BCUT2D eigenvalue weighted by molar-refractivity contribution is 7.17. The molecule has 1 aliphatic rings. The van der Waals surface area contributed by atoms with Crippen LogP contribution in [0.5, 0.6) is 0 Å². The van der Waals surface area contributed by atoms with Crippen molar-refractivity contribution >= 4 is 33.1 Å². The van der Waals surface area contributed by atoms with E-state index in [0.717, 1.165) is 11.1 Å². The second-order valence-electron chi connectivity index (χ2n) is 7.52. The minimum absolute atomic E-state index is 0.0293. The first-order chi connectivity index (χ1) is 13.9. The van der Waals surface area contributed by atoms with Crippen molar-refractivity contribution in [1.29, 1.82) is 0 Å². The predicted molar refractivity (Wildman–Crippen MR) is 116 cm³/mol. The topological polar surface area (TPSA) is 78.4 Å². The molecule has 0 unspecified atom stereocenters. The van der Waals surface area contributed by atoms with Crippen LogP contribution in [0.3, 0.4) is 0 Å². The number of hydrogen-bond acceptors (Lipinski definition) is 5. The largest absolute Gasteiger partial charge is 0.365 e. The zero-order valence-corrected chi connectivity index (χ0v) is 17.4. The standard InChI is InChI=1S/C21H24N4O3S/c1-14-4-3-5-16(12-14)24-10-9-23(13-15(24)2)18(26)6-8-25-20(27)19-17(7-11-29-19)22-21(25)28/h3-5,7,11-12,15H,6,8-10,13H2,1-2H3,(H,22,28)/t15-/m1/s1. The lowest BCUT2D eigenvalue weighted by molar-refractivity contribution is -0.132. The number of anilines is 1. The van der Waals surface area contributed by atoms with Crippen LogP contribution in [0.15, 0.2) is 45.3 Å². The number of piperazine rings is 1. The van der Waals surface area contributed by atoms with Crippen LogP contribution in [0, 0.1) is 6.92 Å². The first kappa shape index (κ1) is 19.4. The predicted octanol–water partition coefficient (Wildman–Crippen LogP) is 2.19. The smallest absolute Gasteiger partial charge is 0.328 e. The summed E-state index contributed by atoms with van der Waals surface area (Å²) in [5.74, 6) is -0.0293. The summed E-state index contributed by atoms with van der Waals surface area (Å²) in [4.78, 5) is 44.3. The second-order valence-corrected chi connectivity index (χ2v) is 8.44. The average Bonchev–Trinajstić information content (AvgIpc) is 3.16. The molecule has 1 atom stereocenters. The lowest BCUT2D eigenvalue weighted by Gasteiger charge is -2.41. The van der Waals surface area contributed by atoms with Gasteiger partial charge in [-0.2, -0.15) is 0 Å². The van der Waals surface area contributed by atoms with E-state index in [0.29, 0.717) is 23.3 Å². The van der Waals surface area contributed by atoms with E-state index >= 15 is 0 Å². The minimum Gasteiger partial charge on any atom is -0.365 e. The number of nitrogens with one attached hydrogen (secondary N) is 1. The Morgan fingerprint density at radius 2 is 2.07 bits per heavy atom. The van der Waals surface area contributed by atoms with Gasteiger partial charge in [0.15, 0.2) is 0 Å². The van der Waals surface area contributed by atoms with Gasteiger partial charge in [-0.15, -0.1) is 11.3 Å². The van der Waals surface area contributed by atoms with Crippen molar-refractivity contribution in [1.82, 2.24) is 14.5 Å². The molecule has 3 heterocycles. The molecule has 0 aliphatic carbocycles. The number of nitrogens with zero attached hydrogens (tertiary/aromatic N) is 3. The Kier molecular flexibility index (Phi) is 5.27. The van der Waals surface area contributed by atoms with Gasteiger partial charge in [-0.05, 0) is 43.0 Å². The quantitative estimate of drug-likeness (QED) is 0.713. The van der Waals surface area contributed by atoms with Gasteiger partial charge < -0.3 is 14.8 Å². The summed E-state index contributed by atoms with van der Waals surface area (Å²) in [6.45, 7) is 6.30. The van der Waals surface area contributed by atoms with Gasteiger partial charge in [0.05, 0.1) is 5.52 Å². The number of fused-ring (bicyclic) bond motifs is 1. The van der Waals surface area contributed by atoms with Crippen LogP contribution in [0.2, 0.25) is 0 Å². The molecule has 3 aromatic rings. The molecule has 0 radical (unpaired) electrons. The molecule has 29 heavy (non-hydrogen) atoms. The third-order valence-corrected chi connectivity index (χ3v) is 6.36. The van der Waals surface area contributed by atoms with Crippen molar-refractivity contribution in [3.8, 4) is 0 Å². The number of thiophene rings is 1. The van der Waals surface area contributed by atoms with Crippen LogP contribution in [0.4, 0.5) is 5.69 Å². The second kappa shape index (κ2) is 7.87. The van der Waals surface area contributed by atoms with Crippen LogP contribution < -0.4 is 16.1 Å².